The minimum Gasteiger partial charge on any atom is -0.324 e. The molecule has 0 atom stereocenters. The molecule has 1 aromatic carbocycles. The van der Waals surface area contributed by atoms with Gasteiger partial charge in [-0.3, -0.25) is 14.3 Å². The number of likely N-dealkylation sites (tertiary alicyclic amines) is 1. The number of hydrogen-bond acceptors (Lipinski definition) is 4. The molecule has 1 N–H and O–H groups in total. The maximum atomic E-state index is 13.0. The number of rotatable bonds is 4. The lowest BCUT2D eigenvalue weighted by atomic mass is 10.1. The summed E-state index contributed by atoms with van der Waals surface area (Å²) < 4.78 is 78.7. The highest BCUT2D eigenvalue weighted by molar-refractivity contribution is 6.33. The summed E-state index contributed by atoms with van der Waals surface area (Å²) in [5.74, 6) is -1.89. The van der Waals surface area contributed by atoms with Crippen LogP contribution in [0.25, 0.3) is 0 Å². The van der Waals surface area contributed by atoms with Gasteiger partial charge in [0.25, 0.3) is 0 Å². The van der Waals surface area contributed by atoms with Gasteiger partial charge in [-0.1, -0.05) is 11.6 Å². The van der Waals surface area contributed by atoms with Gasteiger partial charge in [-0.2, -0.15) is 26.3 Å². The molecule has 14 heteroatoms. The Balaban J connectivity index is 1.60. The molecule has 32 heavy (non-hydrogen) atoms. The smallest absolute Gasteiger partial charge is 0.324 e. The molecule has 1 aliphatic rings. The third-order valence-electron chi connectivity index (χ3n) is 5.09. The van der Waals surface area contributed by atoms with Gasteiger partial charge in [0.2, 0.25) is 11.7 Å². The van der Waals surface area contributed by atoms with Gasteiger partial charge in [0.05, 0.1) is 28.9 Å². The number of aromatic nitrogens is 3. The lowest BCUT2D eigenvalue weighted by Crippen LogP contribution is -2.41. The highest BCUT2D eigenvalue weighted by Gasteiger charge is 2.39. The van der Waals surface area contributed by atoms with Crippen molar-refractivity contribution in [3.63, 3.8) is 0 Å². The number of carbonyl (C=O) groups is 1. The fourth-order valence-corrected chi connectivity index (χ4v) is 3.62. The molecule has 2 aromatic rings. The van der Waals surface area contributed by atoms with Crippen LogP contribution in [-0.4, -0.2) is 44.8 Å². The quantitative estimate of drug-likeness (QED) is 0.672. The van der Waals surface area contributed by atoms with Crippen molar-refractivity contribution in [2.45, 2.75) is 31.2 Å². The van der Waals surface area contributed by atoms with Crippen LogP contribution in [0.1, 0.15) is 30.3 Å². The van der Waals surface area contributed by atoms with E-state index < -0.39 is 41.4 Å². The fourth-order valence-electron chi connectivity index (χ4n) is 3.45. The molecule has 0 unspecified atom stereocenters. The number of hydrogen-bond donors (Lipinski definition) is 1. The number of nitrogens with zero attached hydrogens (tertiary/aromatic N) is 4. The van der Waals surface area contributed by atoms with Crippen LogP contribution < -0.4 is 11.0 Å². The van der Waals surface area contributed by atoms with E-state index in [1.165, 1.54) is 0 Å². The lowest BCUT2D eigenvalue weighted by molar-refractivity contribution is -0.147. The molecule has 3 rings (SSSR count). The summed E-state index contributed by atoms with van der Waals surface area (Å²) in [7, 11) is 0.993. The van der Waals surface area contributed by atoms with Crippen LogP contribution in [0.15, 0.2) is 23.0 Å². The van der Waals surface area contributed by atoms with Crippen molar-refractivity contribution in [3.05, 3.63) is 45.1 Å². The van der Waals surface area contributed by atoms with Gasteiger partial charge in [-0.25, -0.2) is 9.48 Å². The van der Waals surface area contributed by atoms with Crippen molar-refractivity contribution in [1.29, 1.82) is 0 Å². The molecule has 0 bridgehead atoms. The number of halogens is 7. The first-order chi connectivity index (χ1) is 14.8. The first-order valence-corrected chi connectivity index (χ1v) is 9.77. The molecule has 1 aromatic heterocycles. The maximum Gasteiger partial charge on any atom is 0.451 e. The first kappa shape index (κ1) is 24.1. The van der Waals surface area contributed by atoms with Crippen LogP contribution >= 0.6 is 11.6 Å². The average molecular weight is 486 g/mol. The van der Waals surface area contributed by atoms with Crippen LogP contribution in [0.4, 0.5) is 32.0 Å². The predicted molar refractivity (Wildman–Crippen MR) is 102 cm³/mol. The van der Waals surface area contributed by atoms with E-state index in [9.17, 15) is 35.9 Å². The van der Waals surface area contributed by atoms with Gasteiger partial charge in [-0.15, -0.1) is 5.10 Å². The topological polar surface area (TPSA) is 72.2 Å². The van der Waals surface area contributed by atoms with Gasteiger partial charge >= 0.3 is 18.0 Å². The molecule has 0 radical (unpaired) electrons. The highest BCUT2D eigenvalue weighted by Crippen LogP contribution is 2.34. The number of piperidine rings is 1. The molecule has 1 aliphatic heterocycles. The van der Waals surface area contributed by atoms with E-state index in [2.05, 4.69) is 10.4 Å². The van der Waals surface area contributed by atoms with Crippen LogP contribution in [0.5, 0.6) is 0 Å². The first-order valence-electron chi connectivity index (χ1n) is 9.39. The zero-order chi connectivity index (χ0) is 23.8. The number of nitrogens with one attached hydrogen (secondary N) is 1. The van der Waals surface area contributed by atoms with E-state index in [0.717, 1.165) is 29.9 Å². The SMILES string of the molecule is Cn1c(C(F)(F)F)nn(C2CCN(CC(=O)Nc3cc(C(F)(F)F)ccc3Cl)CC2)c1=O. The van der Waals surface area contributed by atoms with Gasteiger partial charge in [0.15, 0.2) is 0 Å². The third kappa shape index (κ3) is 5.26. The molecule has 1 fully saturated rings. The molecular weight excluding hydrogens is 468 g/mol. The van der Waals surface area contributed by atoms with Crippen molar-refractivity contribution >= 4 is 23.2 Å². The second-order valence-corrected chi connectivity index (χ2v) is 7.76. The molecule has 0 spiro atoms. The molecule has 0 saturated carbocycles. The van der Waals surface area contributed by atoms with E-state index in [-0.39, 0.29) is 43.2 Å². The average Bonchev–Trinajstić information content (AvgIpc) is 2.98. The lowest BCUT2D eigenvalue weighted by Gasteiger charge is -2.31. The Morgan fingerprint density at radius 2 is 1.78 bits per heavy atom. The zero-order valence-electron chi connectivity index (χ0n) is 16.6. The van der Waals surface area contributed by atoms with Crippen molar-refractivity contribution < 1.29 is 31.1 Å². The Kier molecular flexibility index (Phi) is 6.61. The van der Waals surface area contributed by atoms with Crippen molar-refractivity contribution in [3.8, 4) is 0 Å². The molecule has 1 saturated heterocycles. The summed E-state index contributed by atoms with van der Waals surface area (Å²) in [6.45, 7) is 0.391. The van der Waals surface area contributed by atoms with Gasteiger partial charge < -0.3 is 5.32 Å². The Hall–Kier alpha value is -2.54. The van der Waals surface area contributed by atoms with Gasteiger partial charge in [0.1, 0.15) is 0 Å². The predicted octanol–water partition coefficient (Wildman–Crippen LogP) is 3.55. The minimum absolute atomic E-state index is 0.0555. The zero-order valence-corrected chi connectivity index (χ0v) is 17.4. The summed E-state index contributed by atoms with van der Waals surface area (Å²) in [4.78, 5) is 26.1. The summed E-state index contributed by atoms with van der Waals surface area (Å²) >= 11 is 5.86. The van der Waals surface area contributed by atoms with Crippen molar-refractivity contribution in [2.24, 2.45) is 7.05 Å². The van der Waals surface area contributed by atoms with E-state index in [1.807, 2.05) is 0 Å². The number of anilines is 1. The van der Waals surface area contributed by atoms with Gasteiger partial charge in [0, 0.05) is 20.1 Å². The van der Waals surface area contributed by atoms with Gasteiger partial charge in [-0.05, 0) is 31.0 Å². The second-order valence-electron chi connectivity index (χ2n) is 7.36. The maximum absolute atomic E-state index is 13.0. The number of benzene rings is 1. The Bertz CT molecular complexity index is 1050. The van der Waals surface area contributed by atoms with Crippen LogP contribution in [0.2, 0.25) is 5.02 Å². The minimum atomic E-state index is -4.76. The molecule has 2 heterocycles. The normalized spacial score (nSPS) is 16.4. The molecule has 176 valence electrons. The molecule has 7 nitrogen and oxygen atoms in total. The standard InChI is InChI=1S/C18H18ClF6N5O2/c1-28-15(18(23,24)25)27-30(16(28)32)11-4-6-29(7-5-11)9-14(31)26-13-8-10(17(20,21)22)2-3-12(13)19/h2-3,8,11H,4-7,9H2,1H3,(H,26,31). The monoisotopic (exact) mass is 485 g/mol. The molecule has 0 aliphatic carbocycles. The van der Waals surface area contributed by atoms with Crippen LogP contribution in [0, 0.1) is 0 Å². The summed E-state index contributed by atoms with van der Waals surface area (Å²) in [5, 5.41) is 5.71. The number of amides is 1. The van der Waals surface area contributed by atoms with Crippen molar-refractivity contribution in [2.75, 3.05) is 25.0 Å². The number of alkyl halides is 6. The highest BCUT2D eigenvalue weighted by atomic mass is 35.5. The van der Waals surface area contributed by atoms with E-state index in [1.54, 1.807) is 4.90 Å². The Morgan fingerprint density at radius 3 is 2.31 bits per heavy atom. The third-order valence-corrected chi connectivity index (χ3v) is 5.42. The number of carbonyl (C=O) groups excluding carboxylic acids is 1. The second kappa shape index (κ2) is 8.77. The Morgan fingerprint density at radius 1 is 1.16 bits per heavy atom. The van der Waals surface area contributed by atoms with Crippen LogP contribution in [-0.2, 0) is 24.2 Å². The Labute approximate surface area is 182 Å². The summed E-state index contributed by atoms with van der Waals surface area (Å²) in [6.07, 6.45) is -8.82. The van der Waals surface area contributed by atoms with E-state index >= 15 is 0 Å². The van der Waals surface area contributed by atoms with E-state index in [0.29, 0.717) is 4.57 Å². The summed E-state index contributed by atoms with van der Waals surface area (Å²) in [5.41, 5.74) is -2.02. The fraction of sp³-hybridized carbons (Fsp3) is 0.500. The van der Waals surface area contributed by atoms with Crippen LogP contribution in [0.3, 0.4) is 0 Å². The van der Waals surface area contributed by atoms with E-state index in [4.69, 9.17) is 11.6 Å². The van der Waals surface area contributed by atoms with Crippen molar-refractivity contribution in [1.82, 2.24) is 19.2 Å². The molecular formula is C18H18ClF6N5O2. The molecule has 1 amide bonds. The largest absolute Gasteiger partial charge is 0.451 e. The summed E-state index contributed by atoms with van der Waals surface area (Å²) in [6, 6.07) is 2.00.